The Hall–Kier alpha value is -5.72. The summed E-state index contributed by atoms with van der Waals surface area (Å²) in [6, 6.07) is 68.1. The quantitative estimate of drug-likeness (QED) is 0.159. The van der Waals surface area contributed by atoms with E-state index in [0.29, 0.717) is 0 Å². The van der Waals surface area contributed by atoms with Crippen LogP contribution in [0.2, 0.25) is 0 Å². The van der Waals surface area contributed by atoms with E-state index in [9.17, 15) is 0 Å². The Kier molecular flexibility index (Phi) is 8.06. The molecule has 0 bridgehead atoms. The van der Waals surface area contributed by atoms with Gasteiger partial charge in [0.15, 0.2) is 0 Å². The molecule has 0 aliphatic rings. The van der Waals surface area contributed by atoms with Crippen molar-refractivity contribution in [3.8, 4) is 11.1 Å². The predicted octanol–water partition coefficient (Wildman–Crippen LogP) is 15.8. The summed E-state index contributed by atoms with van der Waals surface area (Å²) in [5.41, 5.74) is 8.94. The monoisotopic (exact) mass is 778 g/mol. The lowest BCUT2D eigenvalue weighted by molar-refractivity contribution is 1.25. The van der Waals surface area contributed by atoms with Crippen LogP contribution in [0.4, 0.5) is 34.1 Å². The van der Waals surface area contributed by atoms with Crippen LogP contribution in [0.3, 0.4) is 0 Å². The molecule has 0 saturated carbocycles. The summed E-state index contributed by atoms with van der Waals surface area (Å²) in [6.07, 6.45) is 0. The Balaban J connectivity index is 1.15. The summed E-state index contributed by atoms with van der Waals surface area (Å²) in [5.74, 6) is 0. The molecule has 0 amide bonds. The fourth-order valence-electron chi connectivity index (χ4n) is 7.43. The first-order chi connectivity index (χ1) is 26.2. The lowest BCUT2D eigenvalue weighted by atomic mass is 10.0. The number of anilines is 6. The van der Waals surface area contributed by atoms with E-state index in [1.807, 2.05) is 22.7 Å². The van der Waals surface area contributed by atoms with Crippen molar-refractivity contribution in [2.24, 2.45) is 0 Å². The highest BCUT2D eigenvalue weighted by Gasteiger charge is 2.20. The van der Waals surface area contributed by atoms with Crippen LogP contribution in [0, 0.1) is 0 Å². The molecule has 0 N–H and O–H groups in total. The van der Waals surface area contributed by atoms with Crippen LogP contribution in [-0.4, -0.2) is 0 Å². The Morgan fingerprint density at radius 2 is 0.717 bits per heavy atom. The number of para-hydroxylation sites is 1. The standard InChI is InChI=1S/C48H31BrN2S2/c49-34-27-39(50(35-13-5-2-6-14-35)37-23-25-43-41-15-7-9-17-45(41)52-47(43)30-37)29-40(28-34)51(36-21-19-33(20-22-36)32-11-3-1-4-12-32)38-24-26-44-42-16-8-10-18-46(42)53-48(44)31-38/h1-31H. The average Bonchev–Trinajstić information content (AvgIpc) is 3.77. The van der Waals surface area contributed by atoms with Gasteiger partial charge in [-0.1, -0.05) is 125 Å². The van der Waals surface area contributed by atoms with Crippen molar-refractivity contribution in [1.29, 1.82) is 0 Å². The molecule has 0 aliphatic carbocycles. The topological polar surface area (TPSA) is 6.48 Å². The zero-order chi connectivity index (χ0) is 35.3. The smallest absolute Gasteiger partial charge is 0.0493 e. The first-order valence-electron chi connectivity index (χ1n) is 17.6. The van der Waals surface area contributed by atoms with Gasteiger partial charge in [0.25, 0.3) is 0 Å². The molecule has 0 atom stereocenters. The predicted molar refractivity (Wildman–Crippen MR) is 235 cm³/mol. The number of halogens is 1. The molecule has 252 valence electrons. The molecule has 2 heterocycles. The van der Waals surface area contributed by atoms with E-state index in [2.05, 4.69) is 214 Å². The second kappa shape index (κ2) is 13.4. The minimum atomic E-state index is 1.00. The number of thiophene rings is 2. The molecule has 0 saturated heterocycles. The van der Waals surface area contributed by atoms with Gasteiger partial charge in [0.2, 0.25) is 0 Å². The number of hydrogen-bond donors (Lipinski definition) is 0. The molecule has 10 aromatic rings. The van der Waals surface area contributed by atoms with E-state index >= 15 is 0 Å². The molecule has 10 rings (SSSR count). The zero-order valence-corrected chi connectivity index (χ0v) is 31.7. The van der Waals surface area contributed by atoms with Crippen LogP contribution in [0.25, 0.3) is 51.5 Å². The SMILES string of the molecule is Brc1cc(N(c2ccccc2)c2ccc3c(c2)sc2ccccc23)cc(N(c2ccc(-c3ccccc3)cc2)c2ccc3c(c2)sc2ccccc23)c1. The van der Waals surface area contributed by atoms with Crippen molar-refractivity contribution < 1.29 is 0 Å². The summed E-state index contributed by atoms with van der Waals surface area (Å²) in [5, 5.41) is 5.19. The van der Waals surface area contributed by atoms with Crippen LogP contribution in [-0.2, 0) is 0 Å². The third-order valence-corrected chi connectivity index (χ3v) is 12.6. The third-order valence-electron chi connectivity index (χ3n) is 9.87. The minimum Gasteiger partial charge on any atom is -0.310 e. The van der Waals surface area contributed by atoms with E-state index < -0.39 is 0 Å². The second-order valence-electron chi connectivity index (χ2n) is 13.1. The van der Waals surface area contributed by atoms with Crippen LogP contribution in [0.15, 0.2) is 193 Å². The molecule has 0 unspecified atom stereocenters. The van der Waals surface area contributed by atoms with E-state index in [-0.39, 0.29) is 0 Å². The summed E-state index contributed by atoms with van der Waals surface area (Å²) in [4.78, 5) is 4.75. The number of fused-ring (bicyclic) bond motifs is 6. The van der Waals surface area contributed by atoms with E-state index in [0.717, 1.165) is 38.6 Å². The van der Waals surface area contributed by atoms with E-state index in [1.165, 1.54) is 51.5 Å². The zero-order valence-electron chi connectivity index (χ0n) is 28.5. The summed E-state index contributed by atoms with van der Waals surface area (Å²) < 4.78 is 6.16. The Morgan fingerprint density at radius 3 is 1.26 bits per heavy atom. The van der Waals surface area contributed by atoms with Gasteiger partial charge in [-0.3, -0.25) is 0 Å². The Morgan fingerprint density at radius 1 is 0.302 bits per heavy atom. The van der Waals surface area contributed by atoms with Crippen LogP contribution < -0.4 is 9.80 Å². The molecular weight excluding hydrogens is 749 g/mol. The number of hydrogen-bond acceptors (Lipinski definition) is 4. The first-order valence-corrected chi connectivity index (χ1v) is 20.0. The van der Waals surface area contributed by atoms with Crippen molar-refractivity contribution in [3.05, 3.63) is 193 Å². The highest BCUT2D eigenvalue weighted by atomic mass is 79.9. The van der Waals surface area contributed by atoms with E-state index in [4.69, 9.17) is 0 Å². The molecule has 0 radical (unpaired) electrons. The van der Waals surface area contributed by atoms with Crippen LogP contribution >= 0.6 is 38.6 Å². The maximum absolute atomic E-state index is 3.96. The van der Waals surface area contributed by atoms with Gasteiger partial charge in [0.1, 0.15) is 0 Å². The summed E-state index contributed by atoms with van der Waals surface area (Å²) in [6.45, 7) is 0. The van der Waals surface area contributed by atoms with Crippen molar-refractivity contribution in [3.63, 3.8) is 0 Å². The number of benzene rings is 8. The maximum Gasteiger partial charge on any atom is 0.0493 e. The van der Waals surface area contributed by atoms with Gasteiger partial charge >= 0.3 is 0 Å². The van der Waals surface area contributed by atoms with Crippen molar-refractivity contribution in [2.75, 3.05) is 9.80 Å². The fraction of sp³-hybridized carbons (Fsp3) is 0. The minimum absolute atomic E-state index is 1.00. The summed E-state index contributed by atoms with van der Waals surface area (Å²) >= 11 is 7.65. The highest BCUT2D eigenvalue weighted by molar-refractivity contribution is 9.10. The van der Waals surface area contributed by atoms with Crippen LogP contribution in [0.1, 0.15) is 0 Å². The van der Waals surface area contributed by atoms with Gasteiger partial charge in [-0.2, -0.15) is 0 Å². The molecule has 0 spiro atoms. The van der Waals surface area contributed by atoms with Crippen molar-refractivity contribution >= 4 is 113 Å². The summed E-state index contributed by atoms with van der Waals surface area (Å²) in [7, 11) is 0. The highest BCUT2D eigenvalue weighted by Crippen LogP contribution is 2.46. The molecule has 0 aliphatic heterocycles. The van der Waals surface area contributed by atoms with Gasteiger partial charge in [0, 0.05) is 78.9 Å². The second-order valence-corrected chi connectivity index (χ2v) is 16.2. The first kappa shape index (κ1) is 32.0. The molecule has 2 aromatic heterocycles. The molecule has 53 heavy (non-hydrogen) atoms. The van der Waals surface area contributed by atoms with Gasteiger partial charge < -0.3 is 9.80 Å². The lowest BCUT2D eigenvalue weighted by Crippen LogP contribution is -2.13. The van der Waals surface area contributed by atoms with Gasteiger partial charge in [-0.25, -0.2) is 0 Å². The van der Waals surface area contributed by atoms with Gasteiger partial charge in [-0.05, 0) is 90.0 Å². The molecule has 2 nitrogen and oxygen atoms in total. The van der Waals surface area contributed by atoms with Crippen LogP contribution in [0.5, 0.6) is 0 Å². The van der Waals surface area contributed by atoms with Crippen molar-refractivity contribution in [2.45, 2.75) is 0 Å². The lowest BCUT2D eigenvalue weighted by Gasteiger charge is -2.30. The fourth-order valence-corrected chi connectivity index (χ4v) is 10.2. The average molecular weight is 780 g/mol. The largest absolute Gasteiger partial charge is 0.310 e. The molecular formula is C48H31BrN2S2. The normalized spacial score (nSPS) is 11.5. The van der Waals surface area contributed by atoms with E-state index in [1.54, 1.807) is 0 Å². The third kappa shape index (κ3) is 5.87. The Bertz CT molecular complexity index is 2910. The molecule has 5 heteroatoms. The molecule has 8 aromatic carbocycles. The number of nitrogens with zero attached hydrogens (tertiary/aromatic N) is 2. The Labute approximate surface area is 324 Å². The maximum atomic E-state index is 3.96. The molecule has 0 fully saturated rings. The van der Waals surface area contributed by atoms with Gasteiger partial charge in [0.05, 0.1) is 0 Å². The van der Waals surface area contributed by atoms with Gasteiger partial charge in [-0.15, -0.1) is 22.7 Å². The van der Waals surface area contributed by atoms with Crippen molar-refractivity contribution in [1.82, 2.24) is 0 Å². The number of rotatable bonds is 7.